The van der Waals surface area contributed by atoms with E-state index in [1.54, 1.807) is 11.6 Å². The summed E-state index contributed by atoms with van der Waals surface area (Å²) in [4.78, 5) is 12.5. The van der Waals surface area contributed by atoms with E-state index in [9.17, 15) is 13.6 Å². The number of tetrazole rings is 1. The second kappa shape index (κ2) is 7.33. The average Bonchev–Trinajstić information content (AvgIpc) is 3.07. The maximum Gasteiger partial charge on any atom is 0.214 e. The lowest BCUT2D eigenvalue weighted by molar-refractivity contribution is 0.0993. The number of aromatic nitrogens is 4. The smallest absolute Gasteiger partial charge is 0.214 e. The SMILES string of the molecule is Cc1ccc(-n2nnnc2S[C@H](C)C(=O)c2ccc(F)c(F)c2)cc1C. The van der Waals surface area contributed by atoms with Gasteiger partial charge in [-0.3, -0.25) is 4.79 Å². The predicted molar refractivity (Wildman–Crippen MR) is 94.6 cm³/mol. The summed E-state index contributed by atoms with van der Waals surface area (Å²) >= 11 is 1.16. The lowest BCUT2D eigenvalue weighted by atomic mass is 10.1. The molecule has 0 N–H and O–H groups in total. The fraction of sp³-hybridized carbons (Fsp3) is 0.222. The third-order valence-electron chi connectivity index (χ3n) is 4.03. The molecule has 134 valence electrons. The summed E-state index contributed by atoms with van der Waals surface area (Å²) in [7, 11) is 0. The number of carbonyl (C=O) groups excluding carboxylic acids is 1. The monoisotopic (exact) mass is 374 g/mol. The Kier molecular flexibility index (Phi) is 5.13. The molecule has 0 fully saturated rings. The van der Waals surface area contributed by atoms with Gasteiger partial charge in [0.1, 0.15) is 0 Å². The zero-order valence-electron chi connectivity index (χ0n) is 14.4. The highest BCUT2D eigenvalue weighted by atomic mass is 32.2. The van der Waals surface area contributed by atoms with Crippen molar-refractivity contribution in [2.45, 2.75) is 31.2 Å². The molecule has 0 bridgehead atoms. The van der Waals surface area contributed by atoms with Gasteiger partial charge >= 0.3 is 0 Å². The van der Waals surface area contributed by atoms with Crippen molar-refractivity contribution in [3.63, 3.8) is 0 Å². The van der Waals surface area contributed by atoms with E-state index in [4.69, 9.17) is 0 Å². The zero-order valence-corrected chi connectivity index (χ0v) is 15.2. The summed E-state index contributed by atoms with van der Waals surface area (Å²) in [6.45, 7) is 5.68. The Morgan fingerprint density at radius 2 is 1.85 bits per heavy atom. The first kappa shape index (κ1) is 18.2. The molecular formula is C18H16F2N4OS. The highest BCUT2D eigenvalue weighted by Crippen LogP contribution is 2.26. The Morgan fingerprint density at radius 1 is 1.08 bits per heavy atom. The molecule has 1 atom stereocenters. The molecular weight excluding hydrogens is 358 g/mol. The summed E-state index contributed by atoms with van der Waals surface area (Å²) < 4.78 is 28.0. The van der Waals surface area contributed by atoms with Gasteiger partial charge in [0.15, 0.2) is 17.4 Å². The second-order valence-electron chi connectivity index (χ2n) is 5.90. The lowest BCUT2D eigenvalue weighted by Gasteiger charge is -2.11. The Hall–Kier alpha value is -2.61. The van der Waals surface area contributed by atoms with Crippen molar-refractivity contribution in [1.82, 2.24) is 20.2 Å². The quantitative estimate of drug-likeness (QED) is 0.500. The van der Waals surface area contributed by atoms with Gasteiger partial charge in [0.05, 0.1) is 10.9 Å². The van der Waals surface area contributed by atoms with Gasteiger partial charge in [-0.1, -0.05) is 17.8 Å². The van der Waals surface area contributed by atoms with Crippen molar-refractivity contribution in [2.24, 2.45) is 0 Å². The number of Topliss-reactive ketones (excluding diaryl/α,β-unsaturated/α-hetero) is 1. The Balaban J connectivity index is 1.83. The average molecular weight is 374 g/mol. The zero-order chi connectivity index (χ0) is 18.8. The predicted octanol–water partition coefficient (Wildman–Crippen LogP) is 3.92. The number of halogens is 2. The minimum Gasteiger partial charge on any atom is -0.293 e. The van der Waals surface area contributed by atoms with Crippen LogP contribution in [0.3, 0.4) is 0 Å². The normalized spacial score (nSPS) is 12.2. The second-order valence-corrected chi connectivity index (χ2v) is 7.20. The Morgan fingerprint density at radius 3 is 2.54 bits per heavy atom. The first-order valence-corrected chi connectivity index (χ1v) is 8.76. The molecule has 0 aliphatic rings. The van der Waals surface area contributed by atoms with Crippen LogP contribution in [0.5, 0.6) is 0 Å². The molecule has 0 amide bonds. The first-order valence-electron chi connectivity index (χ1n) is 7.88. The molecule has 8 heteroatoms. The number of ketones is 1. The number of aryl methyl sites for hydroxylation is 2. The largest absolute Gasteiger partial charge is 0.293 e. The molecule has 2 aromatic carbocycles. The molecule has 0 saturated carbocycles. The summed E-state index contributed by atoms with van der Waals surface area (Å²) in [6, 6.07) is 8.93. The minimum absolute atomic E-state index is 0.106. The Bertz CT molecular complexity index is 974. The standard InChI is InChI=1S/C18H16F2N4OS/c1-10-4-6-14(8-11(10)2)24-18(21-22-23-24)26-12(3)17(25)13-5-7-15(19)16(20)9-13/h4-9,12H,1-3H3/t12-/m1/s1. The highest BCUT2D eigenvalue weighted by Gasteiger charge is 2.21. The fourth-order valence-electron chi connectivity index (χ4n) is 2.37. The van der Waals surface area contributed by atoms with Crippen molar-refractivity contribution >= 4 is 17.5 Å². The van der Waals surface area contributed by atoms with Crippen LogP contribution in [0.4, 0.5) is 8.78 Å². The molecule has 1 aromatic heterocycles. The molecule has 0 radical (unpaired) electrons. The van der Waals surface area contributed by atoms with E-state index in [0.717, 1.165) is 40.7 Å². The van der Waals surface area contributed by atoms with Crippen molar-refractivity contribution in [2.75, 3.05) is 0 Å². The van der Waals surface area contributed by atoms with Gasteiger partial charge in [-0.05, 0) is 72.7 Å². The summed E-state index contributed by atoms with van der Waals surface area (Å²) in [5, 5.41) is 11.5. The van der Waals surface area contributed by atoms with Crippen LogP contribution >= 0.6 is 11.8 Å². The van der Waals surface area contributed by atoms with Gasteiger partial charge in [-0.15, -0.1) is 5.10 Å². The molecule has 0 spiro atoms. The van der Waals surface area contributed by atoms with Crippen LogP contribution in [0.15, 0.2) is 41.6 Å². The molecule has 0 aliphatic heterocycles. The number of carbonyl (C=O) groups is 1. The summed E-state index contributed by atoms with van der Waals surface area (Å²) in [6.07, 6.45) is 0. The molecule has 3 rings (SSSR count). The van der Waals surface area contributed by atoms with Crippen molar-refractivity contribution < 1.29 is 13.6 Å². The number of nitrogens with zero attached hydrogens (tertiary/aromatic N) is 4. The van der Waals surface area contributed by atoms with Crippen LogP contribution in [-0.4, -0.2) is 31.2 Å². The summed E-state index contributed by atoms with van der Waals surface area (Å²) in [5.41, 5.74) is 3.14. The lowest BCUT2D eigenvalue weighted by Crippen LogP contribution is -2.15. The van der Waals surface area contributed by atoms with Crippen molar-refractivity contribution in [3.8, 4) is 5.69 Å². The maximum atomic E-state index is 13.4. The maximum absolute atomic E-state index is 13.4. The summed E-state index contributed by atoms with van der Waals surface area (Å²) in [5.74, 6) is -2.36. The number of benzene rings is 2. The third kappa shape index (κ3) is 3.65. The first-order chi connectivity index (χ1) is 12.4. The molecule has 0 unspecified atom stereocenters. The molecule has 5 nitrogen and oxygen atoms in total. The van der Waals surface area contributed by atoms with Gasteiger partial charge in [0, 0.05) is 5.56 Å². The van der Waals surface area contributed by atoms with E-state index in [0.29, 0.717) is 5.16 Å². The van der Waals surface area contributed by atoms with Crippen LogP contribution in [-0.2, 0) is 0 Å². The molecule has 3 aromatic rings. The van der Waals surface area contributed by atoms with E-state index in [1.165, 1.54) is 6.07 Å². The van der Waals surface area contributed by atoms with Crippen LogP contribution in [0.25, 0.3) is 5.69 Å². The van der Waals surface area contributed by atoms with E-state index >= 15 is 0 Å². The fourth-order valence-corrected chi connectivity index (χ4v) is 3.25. The highest BCUT2D eigenvalue weighted by molar-refractivity contribution is 8.00. The minimum atomic E-state index is -1.05. The van der Waals surface area contributed by atoms with Crippen LogP contribution in [0.1, 0.15) is 28.4 Å². The van der Waals surface area contributed by atoms with Crippen LogP contribution < -0.4 is 0 Å². The van der Waals surface area contributed by atoms with Gasteiger partial charge in [0.2, 0.25) is 5.16 Å². The van der Waals surface area contributed by atoms with Crippen LogP contribution in [0, 0.1) is 25.5 Å². The van der Waals surface area contributed by atoms with Gasteiger partial charge in [-0.2, -0.15) is 4.68 Å². The number of hydrogen-bond acceptors (Lipinski definition) is 5. The van der Waals surface area contributed by atoms with E-state index in [-0.39, 0.29) is 11.3 Å². The Labute approximate surface area is 153 Å². The van der Waals surface area contributed by atoms with E-state index < -0.39 is 16.9 Å². The van der Waals surface area contributed by atoms with E-state index in [2.05, 4.69) is 15.5 Å². The van der Waals surface area contributed by atoms with Gasteiger partial charge in [-0.25, -0.2) is 8.78 Å². The van der Waals surface area contributed by atoms with Crippen molar-refractivity contribution in [3.05, 3.63) is 64.7 Å². The number of hydrogen-bond donors (Lipinski definition) is 0. The molecule has 1 heterocycles. The number of rotatable bonds is 5. The molecule has 26 heavy (non-hydrogen) atoms. The van der Waals surface area contributed by atoms with E-state index in [1.807, 2.05) is 32.0 Å². The third-order valence-corrected chi connectivity index (χ3v) is 5.06. The molecule has 0 saturated heterocycles. The van der Waals surface area contributed by atoms with Crippen molar-refractivity contribution in [1.29, 1.82) is 0 Å². The molecule has 0 aliphatic carbocycles. The van der Waals surface area contributed by atoms with Gasteiger partial charge in [0.25, 0.3) is 0 Å². The van der Waals surface area contributed by atoms with Crippen LogP contribution in [0.2, 0.25) is 0 Å². The topological polar surface area (TPSA) is 60.7 Å². The van der Waals surface area contributed by atoms with Gasteiger partial charge < -0.3 is 0 Å². The number of thioether (sulfide) groups is 1.